The Kier molecular flexibility index (Phi) is 4.54. The maximum Gasteiger partial charge on any atom is 0.311 e. The fourth-order valence-electron chi connectivity index (χ4n) is 2.91. The standard InChI is InChI=1S/C17H19N3O5/c1-11-2-5-20-13(8-11)18-9-12(15(20)22)14(21)19-10-17(16(23)24)3-6-25-7-4-17/h2,5,8-9H,3-4,6-7,10H2,1H3,(H,19,21)(H,23,24). The Morgan fingerprint density at radius 3 is 2.80 bits per heavy atom. The van der Waals surface area contributed by atoms with Gasteiger partial charge in [0.15, 0.2) is 0 Å². The number of nitrogens with zero attached hydrogens (tertiary/aromatic N) is 2. The van der Waals surface area contributed by atoms with Crippen LogP contribution in [0.5, 0.6) is 0 Å². The van der Waals surface area contributed by atoms with Crippen LogP contribution in [0.25, 0.3) is 5.65 Å². The van der Waals surface area contributed by atoms with Crippen molar-refractivity contribution in [2.24, 2.45) is 5.41 Å². The van der Waals surface area contributed by atoms with E-state index < -0.39 is 22.9 Å². The van der Waals surface area contributed by atoms with E-state index in [0.717, 1.165) is 5.56 Å². The fraction of sp³-hybridized carbons (Fsp3) is 0.412. The number of rotatable bonds is 4. The Balaban J connectivity index is 1.82. The summed E-state index contributed by atoms with van der Waals surface area (Å²) >= 11 is 0. The molecule has 1 fully saturated rings. The molecule has 1 saturated heterocycles. The predicted octanol–water partition coefficient (Wildman–Crippen LogP) is 0.614. The van der Waals surface area contributed by atoms with Crippen molar-refractivity contribution in [2.75, 3.05) is 19.8 Å². The fourth-order valence-corrected chi connectivity index (χ4v) is 2.91. The van der Waals surface area contributed by atoms with E-state index in [2.05, 4.69) is 10.3 Å². The number of aryl methyl sites for hydroxylation is 1. The van der Waals surface area contributed by atoms with Crippen LogP contribution in [0, 0.1) is 12.3 Å². The van der Waals surface area contributed by atoms with Crippen LogP contribution in [0.1, 0.15) is 28.8 Å². The van der Waals surface area contributed by atoms with Gasteiger partial charge < -0.3 is 15.2 Å². The van der Waals surface area contributed by atoms with E-state index in [4.69, 9.17) is 4.74 Å². The van der Waals surface area contributed by atoms with Crippen molar-refractivity contribution in [3.05, 3.63) is 46.0 Å². The topological polar surface area (TPSA) is 110 Å². The van der Waals surface area contributed by atoms with Gasteiger partial charge in [-0.1, -0.05) is 0 Å². The summed E-state index contributed by atoms with van der Waals surface area (Å²) in [5, 5.41) is 12.1. The molecule has 0 saturated carbocycles. The molecule has 0 radical (unpaired) electrons. The molecule has 0 bridgehead atoms. The second kappa shape index (κ2) is 6.64. The van der Waals surface area contributed by atoms with Gasteiger partial charge in [0.1, 0.15) is 11.2 Å². The van der Waals surface area contributed by atoms with Crippen molar-refractivity contribution in [3.8, 4) is 0 Å². The third kappa shape index (κ3) is 3.25. The molecule has 2 aromatic heterocycles. The van der Waals surface area contributed by atoms with Gasteiger partial charge in [-0.2, -0.15) is 0 Å². The van der Waals surface area contributed by atoms with Crippen molar-refractivity contribution in [2.45, 2.75) is 19.8 Å². The number of hydrogen-bond donors (Lipinski definition) is 2. The molecular formula is C17H19N3O5. The van der Waals surface area contributed by atoms with Gasteiger partial charge in [-0.15, -0.1) is 0 Å². The van der Waals surface area contributed by atoms with E-state index in [1.54, 1.807) is 18.3 Å². The van der Waals surface area contributed by atoms with Gasteiger partial charge >= 0.3 is 5.97 Å². The summed E-state index contributed by atoms with van der Waals surface area (Å²) in [5.74, 6) is -1.60. The molecular weight excluding hydrogens is 326 g/mol. The summed E-state index contributed by atoms with van der Waals surface area (Å²) in [5.41, 5.74) is -0.265. The van der Waals surface area contributed by atoms with Crippen LogP contribution in [0.15, 0.2) is 29.3 Å². The van der Waals surface area contributed by atoms with Crippen molar-refractivity contribution >= 4 is 17.5 Å². The minimum absolute atomic E-state index is 0.0550. The Morgan fingerprint density at radius 2 is 2.12 bits per heavy atom. The number of hydrogen-bond acceptors (Lipinski definition) is 5. The molecule has 0 aromatic carbocycles. The zero-order valence-electron chi connectivity index (χ0n) is 13.8. The first-order valence-corrected chi connectivity index (χ1v) is 8.00. The third-order valence-electron chi connectivity index (χ3n) is 4.60. The van der Waals surface area contributed by atoms with Crippen LogP contribution < -0.4 is 10.9 Å². The van der Waals surface area contributed by atoms with Gasteiger partial charge in [-0.3, -0.25) is 18.8 Å². The highest BCUT2D eigenvalue weighted by Crippen LogP contribution is 2.30. The number of nitrogens with one attached hydrogen (secondary N) is 1. The van der Waals surface area contributed by atoms with Crippen molar-refractivity contribution < 1.29 is 19.4 Å². The lowest BCUT2D eigenvalue weighted by molar-refractivity contribution is -0.154. The number of carbonyl (C=O) groups is 2. The molecule has 1 aliphatic rings. The van der Waals surface area contributed by atoms with Gasteiger partial charge in [-0.05, 0) is 37.5 Å². The normalized spacial score (nSPS) is 16.5. The minimum atomic E-state index is -1.06. The average Bonchev–Trinajstić information content (AvgIpc) is 2.60. The lowest BCUT2D eigenvalue weighted by Crippen LogP contribution is -2.47. The monoisotopic (exact) mass is 345 g/mol. The first-order chi connectivity index (χ1) is 11.9. The maximum atomic E-state index is 12.5. The minimum Gasteiger partial charge on any atom is -0.481 e. The van der Waals surface area contributed by atoms with Crippen LogP contribution in [0.2, 0.25) is 0 Å². The number of amides is 1. The summed E-state index contributed by atoms with van der Waals surface area (Å²) in [6.45, 7) is 2.50. The molecule has 0 unspecified atom stereocenters. The van der Waals surface area contributed by atoms with E-state index in [-0.39, 0.29) is 12.1 Å². The molecule has 1 amide bonds. The van der Waals surface area contributed by atoms with Crippen LogP contribution in [-0.2, 0) is 9.53 Å². The van der Waals surface area contributed by atoms with Crippen LogP contribution in [0.3, 0.4) is 0 Å². The van der Waals surface area contributed by atoms with Gasteiger partial charge in [0.05, 0.1) is 5.41 Å². The third-order valence-corrected chi connectivity index (χ3v) is 4.60. The largest absolute Gasteiger partial charge is 0.481 e. The molecule has 25 heavy (non-hydrogen) atoms. The summed E-state index contributed by atoms with van der Waals surface area (Å²) in [6, 6.07) is 3.49. The molecule has 8 heteroatoms. The van der Waals surface area contributed by atoms with Crippen molar-refractivity contribution in [1.29, 1.82) is 0 Å². The van der Waals surface area contributed by atoms with Crippen LogP contribution in [0.4, 0.5) is 0 Å². The first-order valence-electron chi connectivity index (χ1n) is 8.00. The number of aliphatic carboxylic acids is 1. The smallest absolute Gasteiger partial charge is 0.311 e. The summed E-state index contributed by atoms with van der Waals surface area (Å²) in [4.78, 5) is 40.6. The summed E-state index contributed by atoms with van der Waals surface area (Å²) < 4.78 is 6.50. The highest BCUT2D eigenvalue weighted by Gasteiger charge is 2.40. The zero-order valence-corrected chi connectivity index (χ0v) is 13.8. The van der Waals surface area contributed by atoms with Gasteiger partial charge in [0, 0.05) is 32.2 Å². The molecule has 2 aromatic rings. The molecule has 8 nitrogen and oxygen atoms in total. The molecule has 0 spiro atoms. The van der Waals surface area contributed by atoms with E-state index >= 15 is 0 Å². The molecule has 3 rings (SSSR count). The highest BCUT2D eigenvalue weighted by atomic mass is 16.5. The number of carboxylic acids is 1. The number of carboxylic acid groups (broad SMARTS) is 1. The van der Waals surface area contributed by atoms with Gasteiger partial charge in [-0.25, -0.2) is 4.98 Å². The predicted molar refractivity (Wildman–Crippen MR) is 88.7 cm³/mol. The van der Waals surface area contributed by atoms with Crippen molar-refractivity contribution in [1.82, 2.24) is 14.7 Å². The molecule has 2 N–H and O–H groups in total. The summed E-state index contributed by atoms with van der Waals surface area (Å²) in [6.07, 6.45) is 3.42. The second-order valence-corrected chi connectivity index (χ2v) is 6.29. The molecule has 0 aliphatic carbocycles. The average molecular weight is 345 g/mol. The molecule has 1 aliphatic heterocycles. The van der Waals surface area contributed by atoms with E-state index in [1.807, 2.05) is 6.92 Å². The van der Waals surface area contributed by atoms with Gasteiger partial charge in [0.25, 0.3) is 11.5 Å². The zero-order chi connectivity index (χ0) is 18.0. The Morgan fingerprint density at radius 1 is 1.40 bits per heavy atom. The Bertz CT molecular complexity index is 883. The first kappa shape index (κ1) is 17.1. The highest BCUT2D eigenvalue weighted by molar-refractivity contribution is 5.94. The number of fused-ring (bicyclic) bond motifs is 1. The molecule has 3 heterocycles. The van der Waals surface area contributed by atoms with E-state index in [0.29, 0.717) is 31.7 Å². The molecule has 132 valence electrons. The Labute approximate surface area is 143 Å². The van der Waals surface area contributed by atoms with E-state index in [9.17, 15) is 19.5 Å². The SMILES string of the molecule is Cc1ccn2c(=O)c(C(=O)NCC3(C(=O)O)CCOCC3)cnc2c1. The second-order valence-electron chi connectivity index (χ2n) is 6.29. The maximum absolute atomic E-state index is 12.5. The van der Waals surface area contributed by atoms with Gasteiger partial charge in [0.2, 0.25) is 0 Å². The van der Waals surface area contributed by atoms with Crippen LogP contribution >= 0.6 is 0 Å². The number of carbonyl (C=O) groups excluding carboxylic acids is 1. The van der Waals surface area contributed by atoms with E-state index in [1.165, 1.54) is 10.6 Å². The lowest BCUT2D eigenvalue weighted by Gasteiger charge is -2.33. The number of ether oxygens (including phenoxy) is 1. The Hall–Kier alpha value is -2.74. The lowest BCUT2D eigenvalue weighted by atomic mass is 9.80. The summed E-state index contributed by atoms with van der Waals surface area (Å²) in [7, 11) is 0. The van der Waals surface area contributed by atoms with Crippen LogP contribution in [-0.4, -0.2) is 46.1 Å². The quantitative estimate of drug-likeness (QED) is 0.840. The molecule has 0 atom stereocenters. The number of aromatic nitrogens is 2. The number of pyridine rings is 1. The van der Waals surface area contributed by atoms with Crippen molar-refractivity contribution in [3.63, 3.8) is 0 Å².